The zero-order valence-electron chi connectivity index (χ0n) is 15.8. The fraction of sp³-hybridized carbons (Fsp3) is 0.238. The molecule has 1 aromatic heterocycles. The molecular formula is C21H22N2O3S. The Morgan fingerprint density at radius 3 is 2.56 bits per heavy atom. The van der Waals surface area contributed by atoms with Crippen molar-refractivity contribution in [3.63, 3.8) is 0 Å². The van der Waals surface area contributed by atoms with E-state index in [1.165, 1.54) is 16.9 Å². The highest BCUT2D eigenvalue weighted by Crippen LogP contribution is 2.33. The number of rotatable bonds is 6. The number of benzene rings is 2. The van der Waals surface area contributed by atoms with Gasteiger partial charge in [-0.2, -0.15) is 0 Å². The molecule has 0 bridgehead atoms. The van der Waals surface area contributed by atoms with Crippen molar-refractivity contribution in [1.82, 2.24) is 4.98 Å². The predicted molar refractivity (Wildman–Crippen MR) is 109 cm³/mol. The van der Waals surface area contributed by atoms with Gasteiger partial charge in [-0.25, -0.2) is 4.98 Å². The molecule has 1 heterocycles. The van der Waals surface area contributed by atoms with Crippen molar-refractivity contribution < 1.29 is 14.3 Å². The van der Waals surface area contributed by atoms with Gasteiger partial charge < -0.3 is 14.8 Å². The molecule has 0 spiro atoms. The van der Waals surface area contributed by atoms with Crippen LogP contribution in [0.5, 0.6) is 11.5 Å². The van der Waals surface area contributed by atoms with Crippen LogP contribution in [0.2, 0.25) is 0 Å². The molecular weight excluding hydrogens is 360 g/mol. The maximum Gasteiger partial charge on any atom is 0.230 e. The standard InChI is InChI=1S/C21H22N2O3S/c1-13-5-7-17(14(2)9-13)23-20(24)11-16-12-27-21(22-16)15-6-8-18(25-3)19(10-15)26-4/h5-10,12H,11H2,1-4H3,(H,23,24). The van der Waals surface area contributed by atoms with Crippen LogP contribution in [-0.2, 0) is 11.2 Å². The summed E-state index contributed by atoms with van der Waals surface area (Å²) in [6.07, 6.45) is 0.233. The van der Waals surface area contributed by atoms with Crippen molar-refractivity contribution in [2.75, 3.05) is 19.5 Å². The Balaban J connectivity index is 1.71. The van der Waals surface area contributed by atoms with E-state index in [2.05, 4.69) is 10.3 Å². The number of aromatic nitrogens is 1. The van der Waals surface area contributed by atoms with Crippen molar-refractivity contribution in [3.8, 4) is 22.1 Å². The molecule has 6 heteroatoms. The van der Waals surface area contributed by atoms with E-state index in [0.29, 0.717) is 11.5 Å². The maximum absolute atomic E-state index is 12.4. The predicted octanol–water partition coefficient (Wildman–Crippen LogP) is 4.63. The van der Waals surface area contributed by atoms with Crippen LogP contribution in [0.4, 0.5) is 5.69 Å². The normalized spacial score (nSPS) is 10.5. The molecule has 0 fully saturated rings. The number of hydrogen-bond donors (Lipinski definition) is 1. The lowest BCUT2D eigenvalue weighted by atomic mass is 10.1. The van der Waals surface area contributed by atoms with E-state index in [1.54, 1.807) is 14.2 Å². The quantitative estimate of drug-likeness (QED) is 0.675. The first kappa shape index (κ1) is 18.9. The van der Waals surface area contributed by atoms with Crippen molar-refractivity contribution >= 4 is 22.9 Å². The lowest BCUT2D eigenvalue weighted by Gasteiger charge is -2.08. The van der Waals surface area contributed by atoms with Gasteiger partial charge in [0.1, 0.15) is 5.01 Å². The molecule has 0 saturated heterocycles. The van der Waals surface area contributed by atoms with Crippen LogP contribution < -0.4 is 14.8 Å². The van der Waals surface area contributed by atoms with Gasteiger partial charge in [0.25, 0.3) is 0 Å². The molecule has 3 rings (SSSR count). The average Bonchev–Trinajstić information content (AvgIpc) is 3.11. The highest BCUT2D eigenvalue weighted by Gasteiger charge is 2.12. The van der Waals surface area contributed by atoms with Crippen LogP contribution >= 0.6 is 11.3 Å². The molecule has 0 atom stereocenters. The minimum atomic E-state index is -0.0777. The van der Waals surface area contributed by atoms with Crippen molar-refractivity contribution in [3.05, 3.63) is 58.6 Å². The number of carbonyl (C=O) groups excluding carboxylic acids is 1. The van der Waals surface area contributed by atoms with Crippen molar-refractivity contribution in [2.45, 2.75) is 20.3 Å². The van der Waals surface area contributed by atoms with Crippen LogP contribution in [0, 0.1) is 13.8 Å². The number of anilines is 1. The largest absolute Gasteiger partial charge is 0.493 e. The zero-order chi connectivity index (χ0) is 19.4. The minimum Gasteiger partial charge on any atom is -0.493 e. The average molecular weight is 382 g/mol. The number of thiazole rings is 1. The number of methoxy groups -OCH3 is 2. The van der Waals surface area contributed by atoms with Gasteiger partial charge in [-0.15, -0.1) is 11.3 Å². The van der Waals surface area contributed by atoms with E-state index in [0.717, 1.165) is 27.5 Å². The van der Waals surface area contributed by atoms with Crippen LogP contribution in [-0.4, -0.2) is 25.1 Å². The second-order valence-electron chi connectivity index (χ2n) is 6.26. The number of amides is 1. The Kier molecular flexibility index (Phi) is 5.76. The molecule has 140 valence electrons. The van der Waals surface area contributed by atoms with Crippen LogP contribution in [0.15, 0.2) is 41.8 Å². The Morgan fingerprint density at radius 2 is 1.85 bits per heavy atom. The molecule has 2 aromatic carbocycles. The summed E-state index contributed by atoms with van der Waals surface area (Å²) in [6, 6.07) is 11.6. The van der Waals surface area contributed by atoms with Crippen molar-refractivity contribution in [2.24, 2.45) is 0 Å². The minimum absolute atomic E-state index is 0.0777. The summed E-state index contributed by atoms with van der Waals surface area (Å²) >= 11 is 1.50. The number of ether oxygens (including phenoxy) is 2. The molecule has 1 amide bonds. The Labute approximate surface area is 163 Å². The summed E-state index contributed by atoms with van der Waals surface area (Å²) in [5.41, 5.74) is 4.73. The lowest BCUT2D eigenvalue weighted by molar-refractivity contribution is -0.115. The van der Waals surface area contributed by atoms with Gasteiger partial charge in [-0.3, -0.25) is 4.79 Å². The summed E-state index contributed by atoms with van der Waals surface area (Å²) in [5, 5.41) is 5.71. The number of nitrogens with zero attached hydrogens (tertiary/aromatic N) is 1. The smallest absolute Gasteiger partial charge is 0.230 e. The van der Waals surface area contributed by atoms with E-state index >= 15 is 0 Å². The van der Waals surface area contributed by atoms with Gasteiger partial charge in [0.2, 0.25) is 5.91 Å². The van der Waals surface area contributed by atoms with Crippen molar-refractivity contribution in [1.29, 1.82) is 0 Å². The van der Waals surface area contributed by atoms with Gasteiger partial charge in [0.05, 0.1) is 26.3 Å². The summed E-state index contributed by atoms with van der Waals surface area (Å²) < 4.78 is 10.6. The van der Waals surface area contributed by atoms with E-state index in [9.17, 15) is 4.79 Å². The SMILES string of the molecule is COc1ccc(-c2nc(CC(=O)Nc3ccc(C)cc3C)cs2)cc1OC. The Hall–Kier alpha value is -2.86. The molecule has 0 unspecified atom stereocenters. The van der Waals surface area contributed by atoms with Crippen LogP contribution in [0.3, 0.4) is 0 Å². The molecule has 27 heavy (non-hydrogen) atoms. The molecule has 0 aliphatic heterocycles. The summed E-state index contributed by atoms with van der Waals surface area (Å²) in [7, 11) is 3.21. The topological polar surface area (TPSA) is 60.5 Å². The first-order valence-corrected chi connectivity index (χ1v) is 9.42. The summed E-state index contributed by atoms with van der Waals surface area (Å²) in [5.74, 6) is 1.25. The first-order valence-electron chi connectivity index (χ1n) is 8.54. The van der Waals surface area contributed by atoms with E-state index < -0.39 is 0 Å². The van der Waals surface area contributed by atoms with Gasteiger partial charge in [0.15, 0.2) is 11.5 Å². The van der Waals surface area contributed by atoms with E-state index in [1.807, 2.05) is 55.6 Å². The van der Waals surface area contributed by atoms with Gasteiger partial charge >= 0.3 is 0 Å². The molecule has 0 aliphatic carbocycles. The third-order valence-corrected chi connectivity index (χ3v) is 5.12. The second kappa shape index (κ2) is 8.22. The second-order valence-corrected chi connectivity index (χ2v) is 7.12. The molecule has 0 aliphatic rings. The number of hydrogen-bond acceptors (Lipinski definition) is 5. The Morgan fingerprint density at radius 1 is 1.07 bits per heavy atom. The van der Waals surface area contributed by atoms with Crippen LogP contribution in [0.25, 0.3) is 10.6 Å². The van der Waals surface area contributed by atoms with Crippen LogP contribution in [0.1, 0.15) is 16.8 Å². The summed E-state index contributed by atoms with van der Waals surface area (Å²) in [4.78, 5) is 17.0. The number of nitrogens with one attached hydrogen (secondary N) is 1. The fourth-order valence-corrected chi connectivity index (χ4v) is 3.62. The third-order valence-electron chi connectivity index (χ3n) is 4.18. The highest BCUT2D eigenvalue weighted by molar-refractivity contribution is 7.13. The van der Waals surface area contributed by atoms with Gasteiger partial charge in [0, 0.05) is 16.6 Å². The summed E-state index contributed by atoms with van der Waals surface area (Å²) in [6.45, 7) is 4.02. The fourth-order valence-electron chi connectivity index (χ4n) is 2.80. The first-order chi connectivity index (χ1) is 13.0. The highest BCUT2D eigenvalue weighted by atomic mass is 32.1. The van der Waals surface area contributed by atoms with E-state index in [-0.39, 0.29) is 12.3 Å². The monoisotopic (exact) mass is 382 g/mol. The van der Waals surface area contributed by atoms with Gasteiger partial charge in [-0.1, -0.05) is 17.7 Å². The molecule has 3 aromatic rings. The lowest BCUT2D eigenvalue weighted by Crippen LogP contribution is -2.15. The third kappa shape index (κ3) is 4.46. The maximum atomic E-state index is 12.4. The van der Waals surface area contributed by atoms with Gasteiger partial charge in [-0.05, 0) is 43.7 Å². The molecule has 5 nitrogen and oxygen atoms in total. The number of aryl methyl sites for hydroxylation is 2. The van der Waals surface area contributed by atoms with E-state index in [4.69, 9.17) is 9.47 Å². The molecule has 1 N–H and O–H groups in total. The Bertz CT molecular complexity index is 966. The molecule has 0 radical (unpaired) electrons. The zero-order valence-corrected chi connectivity index (χ0v) is 16.6. The number of carbonyl (C=O) groups is 1. The molecule has 0 saturated carbocycles.